The van der Waals surface area contributed by atoms with Gasteiger partial charge in [-0.25, -0.2) is 9.99 Å². The van der Waals surface area contributed by atoms with Crippen LogP contribution in [0.15, 0.2) is 65.7 Å². The van der Waals surface area contributed by atoms with Gasteiger partial charge in [-0.3, -0.25) is 24.3 Å². The Kier molecular flexibility index (Phi) is 9.98. The topological polar surface area (TPSA) is 184 Å². The van der Waals surface area contributed by atoms with Gasteiger partial charge < -0.3 is 15.3 Å². The van der Waals surface area contributed by atoms with E-state index in [9.17, 15) is 17.8 Å². The highest BCUT2D eigenvalue weighted by atomic mass is 35.5. The summed E-state index contributed by atoms with van der Waals surface area (Å²) in [4.78, 5) is 30.2. The molecule has 0 radical (unpaired) electrons. The van der Waals surface area contributed by atoms with Crippen LogP contribution in [0.2, 0.25) is 10.0 Å². The van der Waals surface area contributed by atoms with Gasteiger partial charge in [0.1, 0.15) is 10.7 Å². The van der Waals surface area contributed by atoms with Crippen molar-refractivity contribution >= 4 is 39.2 Å². The van der Waals surface area contributed by atoms with E-state index in [1.807, 2.05) is 5.01 Å². The molecule has 0 aliphatic carbocycles. The smallest absolute Gasteiger partial charge is 0.298 e. The van der Waals surface area contributed by atoms with Crippen LogP contribution in [0.4, 0.5) is 0 Å². The number of carbonyl (C=O) groups excluding carboxylic acids is 1. The molecule has 2 aromatic heterocycles. The van der Waals surface area contributed by atoms with Crippen LogP contribution in [0.5, 0.6) is 0 Å². The molecule has 2 aromatic carbocycles. The minimum atomic E-state index is -4.80. The maximum Gasteiger partial charge on any atom is 0.298 e. The number of amides is 1. The maximum absolute atomic E-state index is 13.4. The van der Waals surface area contributed by atoms with Crippen LogP contribution in [0.1, 0.15) is 35.4 Å². The lowest BCUT2D eigenvalue weighted by Crippen LogP contribution is -2.45. The highest BCUT2D eigenvalue weighted by Gasteiger charge is 2.30. The largest absolute Gasteiger partial charge is 0.356 e. The highest BCUT2D eigenvalue weighted by Crippen LogP contribution is 2.37. The molecule has 1 amide bonds. The van der Waals surface area contributed by atoms with Crippen molar-refractivity contribution < 1.29 is 22.9 Å². The monoisotopic (exact) mass is 647 g/mol. The molecular weight excluding hydrogens is 623 g/mol. The van der Waals surface area contributed by atoms with Gasteiger partial charge in [0, 0.05) is 35.4 Å². The molecule has 16 heteroatoms. The number of aromatic nitrogens is 3. The molecule has 3 heterocycles. The Bertz CT molecular complexity index is 1760. The number of hydrazine groups is 1. The summed E-state index contributed by atoms with van der Waals surface area (Å²) in [6, 6.07) is 14.9. The molecule has 2 N–H and O–H groups in total. The lowest BCUT2D eigenvalue weighted by molar-refractivity contribution is -0.402. The Morgan fingerprint density at radius 1 is 1.05 bits per heavy atom. The van der Waals surface area contributed by atoms with E-state index in [0.29, 0.717) is 21.8 Å². The van der Waals surface area contributed by atoms with E-state index in [1.165, 1.54) is 22.9 Å². The molecule has 0 unspecified atom stereocenters. The quantitative estimate of drug-likeness (QED) is 0.157. The fraction of sp³-hybridized carbons (Fsp3) is 0.222. The molecule has 0 atom stereocenters. The lowest BCUT2D eigenvalue weighted by atomic mass is 10.1. The number of imidazole rings is 1. The third kappa shape index (κ3) is 7.47. The number of nitrogens with one attached hydrogen (secondary N) is 1. The summed E-state index contributed by atoms with van der Waals surface area (Å²) in [6.45, 7) is 3.10. The van der Waals surface area contributed by atoms with Crippen molar-refractivity contribution in [2.75, 3.05) is 13.1 Å². The van der Waals surface area contributed by atoms with Crippen molar-refractivity contribution in [3.05, 3.63) is 97.5 Å². The number of carbonyl (C=O) groups is 1. The predicted octanol–water partition coefficient (Wildman–Crippen LogP) is 5.35. The molecule has 226 valence electrons. The van der Waals surface area contributed by atoms with Gasteiger partial charge in [-0.15, -0.1) is 0 Å². The second-order valence-electron chi connectivity index (χ2n) is 9.39. The van der Waals surface area contributed by atoms with Crippen LogP contribution in [-0.4, -0.2) is 56.6 Å². The molecular formula is C27H25Cl2N6O7S-. The molecule has 13 nitrogen and oxygen atoms in total. The zero-order valence-corrected chi connectivity index (χ0v) is 24.9. The Morgan fingerprint density at radius 3 is 2.30 bits per heavy atom. The van der Waals surface area contributed by atoms with Crippen LogP contribution in [0.25, 0.3) is 28.3 Å². The van der Waals surface area contributed by atoms with Crippen molar-refractivity contribution in [2.45, 2.75) is 31.1 Å². The Labute approximate surface area is 256 Å². The SMILES string of the molecule is Cc1c(C(=O)NN2CCCCC2)nc(-c2ccc(Cl)cc2Cl)n1-c1ccnc(-c2ccccc2)c1S(=O)(=O)O.O=[N+]([O-])[O-]. The van der Waals surface area contributed by atoms with Crippen LogP contribution in [-0.2, 0) is 10.1 Å². The van der Waals surface area contributed by atoms with Gasteiger partial charge in [0.25, 0.3) is 16.0 Å². The highest BCUT2D eigenvalue weighted by molar-refractivity contribution is 7.86. The minimum absolute atomic E-state index is 0.0520. The van der Waals surface area contributed by atoms with Gasteiger partial charge in [-0.1, -0.05) is 60.0 Å². The fourth-order valence-electron chi connectivity index (χ4n) is 4.74. The average Bonchev–Trinajstić information content (AvgIpc) is 3.29. The number of nitrogens with zero attached hydrogens (tertiary/aromatic N) is 5. The first kappa shape index (κ1) is 31.8. The summed E-state index contributed by atoms with van der Waals surface area (Å²) in [5.41, 5.74) is 4.36. The van der Waals surface area contributed by atoms with Crippen LogP contribution < -0.4 is 5.43 Å². The van der Waals surface area contributed by atoms with E-state index in [0.717, 1.165) is 32.4 Å². The van der Waals surface area contributed by atoms with Gasteiger partial charge in [-0.2, -0.15) is 8.42 Å². The van der Waals surface area contributed by atoms with E-state index >= 15 is 0 Å². The van der Waals surface area contributed by atoms with Crippen molar-refractivity contribution in [1.82, 2.24) is 25.0 Å². The molecule has 4 aromatic rings. The summed E-state index contributed by atoms with van der Waals surface area (Å²) >= 11 is 12.7. The second-order valence-corrected chi connectivity index (χ2v) is 11.6. The third-order valence-corrected chi connectivity index (χ3v) is 8.01. The maximum atomic E-state index is 13.4. The van der Waals surface area contributed by atoms with Gasteiger partial charge >= 0.3 is 0 Å². The third-order valence-electron chi connectivity index (χ3n) is 6.54. The van der Waals surface area contributed by atoms with Crippen molar-refractivity contribution in [2.24, 2.45) is 0 Å². The normalized spacial score (nSPS) is 13.6. The first-order chi connectivity index (χ1) is 20.4. The number of benzene rings is 2. The number of hydrogen-bond donors (Lipinski definition) is 2. The lowest BCUT2D eigenvalue weighted by Gasteiger charge is -2.26. The molecule has 1 fully saturated rings. The van der Waals surface area contributed by atoms with E-state index in [1.54, 1.807) is 49.4 Å². The van der Waals surface area contributed by atoms with E-state index < -0.39 is 26.0 Å². The number of hydrogen-bond acceptors (Lipinski definition) is 9. The summed E-state index contributed by atoms with van der Waals surface area (Å²) in [5, 5.41) is 17.3. The predicted molar refractivity (Wildman–Crippen MR) is 160 cm³/mol. The molecule has 5 rings (SSSR count). The van der Waals surface area contributed by atoms with E-state index in [2.05, 4.69) is 15.4 Å². The molecule has 0 spiro atoms. The van der Waals surface area contributed by atoms with Crippen molar-refractivity contribution in [3.8, 4) is 28.3 Å². The van der Waals surface area contributed by atoms with Crippen molar-refractivity contribution in [3.63, 3.8) is 0 Å². The summed E-state index contributed by atoms with van der Waals surface area (Å²) < 4.78 is 37.6. The Hall–Kier alpha value is -4.08. The standard InChI is InChI=1S/C27H25Cl2N5O4S.NO3/c1-17-23(27(35)32-33-14-6-3-7-15-33)31-26(20-11-10-19(28)16-21(20)29)34(17)22-12-13-30-24(25(22)39(36,37)38)18-8-4-2-5-9-18;2-1(3)4/h2,4-5,8-13,16H,3,6-7,14-15H2,1H3,(H,32,35)(H,36,37,38);/q;-1. The number of halogens is 2. The summed E-state index contributed by atoms with van der Waals surface area (Å²) in [6.07, 6.45) is 4.47. The van der Waals surface area contributed by atoms with Gasteiger partial charge in [0.05, 0.1) is 27.2 Å². The fourth-order valence-corrected chi connectivity index (χ4v) is 6.07. The second kappa shape index (κ2) is 13.5. The van der Waals surface area contributed by atoms with Gasteiger partial charge in [0.2, 0.25) is 0 Å². The van der Waals surface area contributed by atoms with Crippen LogP contribution >= 0.6 is 23.2 Å². The van der Waals surface area contributed by atoms with Gasteiger partial charge in [0.15, 0.2) is 5.69 Å². The van der Waals surface area contributed by atoms with Crippen LogP contribution in [0.3, 0.4) is 0 Å². The van der Waals surface area contributed by atoms with Crippen molar-refractivity contribution in [1.29, 1.82) is 0 Å². The molecule has 0 bridgehead atoms. The first-order valence-electron chi connectivity index (χ1n) is 12.8. The molecule has 0 saturated carbocycles. The van der Waals surface area contributed by atoms with E-state index in [4.69, 9.17) is 38.5 Å². The Balaban J connectivity index is 0.000000996. The first-order valence-corrected chi connectivity index (χ1v) is 15.0. The summed E-state index contributed by atoms with van der Waals surface area (Å²) in [5.74, 6) is -0.238. The molecule has 1 aliphatic rings. The van der Waals surface area contributed by atoms with E-state index in [-0.39, 0.29) is 27.9 Å². The molecule has 43 heavy (non-hydrogen) atoms. The minimum Gasteiger partial charge on any atom is -0.356 e. The Morgan fingerprint density at radius 2 is 1.70 bits per heavy atom. The molecule has 1 saturated heterocycles. The summed E-state index contributed by atoms with van der Waals surface area (Å²) in [7, 11) is -4.80. The average molecular weight is 649 g/mol. The van der Waals surface area contributed by atoms with Gasteiger partial charge in [-0.05, 0) is 44.0 Å². The molecule has 1 aliphatic heterocycles. The number of piperidine rings is 1. The number of rotatable bonds is 6. The zero-order chi connectivity index (χ0) is 31.3. The number of pyridine rings is 1. The zero-order valence-electron chi connectivity index (χ0n) is 22.6. The van der Waals surface area contributed by atoms with Crippen LogP contribution in [0, 0.1) is 22.2 Å².